The number of nitrogens with zero attached hydrogens (tertiary/aromatic N) is 3. The van der Waals surface area contributed by atoms with E-state index < -0.39 is 11.6 Å². The van der Waals surface area contributed by atoms with Gasteiger partial charge < -0.3 is 25.0 Å². The number of rotatable bonds is 8. The molecule has 2 fully saturated rings. The zero-order valence-corrected chi connectivity index (χ0v) is 19.8. The molecule has 2 aliphatic rings. The van der Waals surface area contributed by atoms with E-state index in [1.54, 1.807) is 11.1 Å². The number of imidazole rings is 1. The number of amides is 3. The van der Waals surface area contributed by atoms with Gasteiger partial charge in [0.1, 0.15) is 11.9 Å². The van der Waals surface area contributed by atoms with Crippen molar-refractivity contribution in [3.05, 3.63) is 18.2 Å². The Morgan fingerprint density at radius 1 is 1.21 bits per heavy atom. The van der Waals surface area contributed by atoms with Crippen molar-refractivity contribution < 1.29 is 23.9 Å². The van der Waals surface area contributed by atoms with Crippen LogP contribution in [0.4, 0.5) is 9.59 Å². The van der Waals surface area contributed by atoms with Crippen LogP contribution in [0, 0.1) is 0 Å². The molecule has 3 amide bonds. The third-order valence-corrected chi connectivity index (χ3v) is 6.25. The molecule has 1 aliphatic carbocycles. The van der Waals surface area contributed by atoms with Crippen LogP contribution in [-0.2, 0) is 20.7 Å². The first kappa shape index (κ1) is 25.0. The van der Waals surface area contributed by atoms with E-state index in [9.17, 15) is 14.4 Å². The average molecular weight is 464 g/mol. The van der Waals surface area contributed by atoms with Gasteiger partial charge in [-0.25, -0.2) is 19.1 Å². The Morgan fingerprint density at radius 2 is 1.94 bits per heavy atom. The predicted octanol–water partition coefficient (Wildman–Crippen LogP) is 2.46. The number of carbonyl (C=O) groups is 3. The summed E-state index contributed by atoms with van der Waals surface area (Å²) in [7, 11) is 0. The Balaban J connectivity index is 1.56. The summed E-state index contributed by atoms with van der Waals surface area (Å²) in [5.74, 6) is -0.158. The third-order valence-electron chi connectivity index (χ3n) is 6.25. The molecular formula is C23H37N5O5. The van der Waals surface area contributed by atoms with E-state index in [1.165, 1.54) is 10.9 Å². The Kier molecular flexibility index (Phi) is 9.11. The number of ether oxygens (including phenoxy) is 2. The molecule has 10 nitrogen and oxygen atoms in total. The molecule has 1 saturated carbocycles. The van der Waals surface area contributed by atoms with Crippen LogP contribution in [0.1, 0.15) is 64.5 Å². The van der Waals surface area contributed by atoms with Crippen molar-refractivity contribution in [1.82, 2.24) is 25.1 Å². The van der Waals surface area contributed by atoms with E-state index in [0.29, 0.717) is 57.9 Å². The fourth-order valence-electron chi connectivity index (χ4n) is 4.29. The Morgan fingerprint density at radius 3 is 2.64 bits per heavy atom. The molecule has 1 atom stereocenters. The first-order valence-corrected chi connectivity index (χ1v) is 12.1. The van der Waals surface area contributed by atoms with Gasteiger partial charge >= 0.3 is 12.1 Å². The Hall–Kier alpha value is -2.62. The van der Waals surface area contributed by atoms with Gasteiger partial charge in [-0.2, -0.15) is 0 Å². The number of urea groups is 1. The number of unbranched alkanes of at least 4 members (excludes halogenated alkanes) is 1. The van der Waals surface area contributed by atoms with Crippen LogP contribution in [0.15, 0.2) is 12.5 Å². The summed E-state index contributed by atoms with van der Waals surface area (Å²) >= 11 is 0. The van der Waals surface area contributed by atoms with Gasteiger partial charge in [-0.1, -0.05) is 32.6 Å². The summed E-state index contributed by atoms with van der Waals surface area (Å²) < 4.78 is 11.8. The summed E-state index contributed by atoms with van der Waals surface area (Å²) in [4.78, 5) is 44.2. The molecule has 0 unspecified atom stereocenters. The van der Waals surface area contributed by atoms with E-state index >= 15 is 0 Å². The smallest absolute Gasteiger partial charge is 0.419 e. The standard InChI is InChI=1S/C23H37N5O5/c1-3-4-12-33-22(31)28-16-19(24-17-28)15-18(2)25-20(29)23(8-6-5-7-9-23)26-21(30)27-10-13-32-14-11-27/h16-18H,3-15H2,1-2H3,(H,25,29)(H,26,30)/t18-/m1/s1. The molecule has 1 aromatic rings. The molecule has 10 heteroatoms. The first-order chi connectivity index (χ1) is 15.9. The molecule has 0 aromatic carbocycles. The zero-order chi connectivity index (χ0) is 23.7. The highest BCUT2D eigenvalue weighted by Crippen LogP contribution is 2.29. The summed E-state index contributed by atoms with van der Waals surface area (Å²) in [5, 5.41) is 6.12. The quantitative estimate of drug-likeness (QED) is 0.573. The number of hydrogen-bond donors (Lipinski definition) is 2. The van der Waals surface area contributed by atoms with Crippen LogP contribution in [0.5, 0.6) is 0 Å². The lowest BCUT2D eigenvalue weighted by Crippen LogP contribution is -2.63. The van der Waals surface area contributed by atoms with Crippen molar-refractivity contribution in [3.8, 4) is 0 Å². The molecule has 1 saturated heterocycles. The van der Waals surface area contributed by atoms with Gasteiger partial charge in [0.2, 0.25) is 5.91 Å². The van der Waals surface area contributed by atoms with Gasteiger partial charge in [-0.3, -0.25) is 4.79 Å². The van der Waals surface area contributed by atoms with E-state index in [-0.39, 0.29) is 18.0 Å². The second-order valence-electron chi connectivity index (χ2n) is 8.99. The minimum Gasteiger partial charge on any atom is -0.449 e. The molecule has 1 aliphatic heterocycles. The van der Waals surface area contributed by atoms with E-state index in [2.05, 4.69) is 15.6 Å². The second-order valence-corrected chi connectivity index (χ2v) is 8.99. The Bertz CT molecular complexity index is 799. The van der Waals surface area contributed by atoms with Crippen LogP contribution >= 0.6 is 0 Å². The van der Waals surface area contributed by atoms with E-state index in [0.717, 1.165) is 32.1 Å². The number of aromatic nitrogens is 2. The summed E-state index contributed by atoms with van der Waals surface area (Å²) in [6.45, 7) is 6.41. The van der Waals surface area contributed by atoms with Crippen LogP contribution in [0.3, 0.4) is 0 Å². The maximum Gasteiger partial charge on any atom is 0.419 e. The van der Waals surface area contributed by atoms with E-state index in [1.807, 2.05) is 13.8 Å². The maximum absolute atomic E-state index is 13.3. The molecule has 0 radical (unpaired) electrons. The van der Waals surface area contributed by atoms with Gasteiger partial charge in [0.25, 0.3) is 0 Å². The lowest BCUT2D eigenvalue weighted by molar-refractivity contribution is -0.129. The second kappa shape index (κ2) is 12.0. The van der Waals surface area contributed by atoms with Gasteiger partial charge in [0.15, 0.2) is 0 Å². The molecule has 2 N–H and O–H groups in total. The van der Waals surface area contributed by atoms with Gasteiger partial charge in [-0.05, 0) is 26.2 Å². The minimum absolute atomic E-state index is 0.158. The lowest BCUT2D eigenvalue weighted by atomic mass is 9.80. The predicted molar refractivity (Wildman–Crippen MR) is 122 cm³/mol. The van der Waals surface area contributed by atoms with Gasteiger partial charge in [0.05, 0.1) is 25.5 Å². The molecule has 0 spiro atoms. The van der Waals surface area contributed by atoms with Crippen molar-refractivity contribution in [1.29, 1.82) is 0 Å². The van der Waals surface area contributed by atoms with Crippen LogP contribution in [0.25, 0.3) is 0 Å². The highest BCUT2D eigenvalue weighted by molar-refractivity contribution is 5.91. The number of hydrogen-bond acceptors (Lipinski definition) is 6. The molecular weight excluding hydrogens is 426 g/mol. The fourth-order valence-corrected chi connectivity index (χ4v) is 4.29. The number of carbonyl (C=O) groups excluding carboxylic acids is 3. The van der Waals surface area contributed by atoms with Crippen molar-refractivity contribution in [3.63, 3.8) is 0 Å². The summed E-state index contributed by atoms with van der Waals surface area (Å²) in [6.07, 6.45) is 8.96. The van der Waals surface area contributed by atoms with Crippen LogP contribution in [0.2, 0.25) is 0 Å². The fraction of sp³-hybridized carbons (Fsp3) is 0.739. The largest absolute Gasteiger partial charge is 0.449 e. The zero-order valence-electron chi connectivity index (χ0n) is 19.8. The highest BCUT2D eigenvalue weighted by atomic mass is 16.5. The molecule has 1 aromatic heterocycles. The molecule has 184 valence electrons. The normalized spacial score (nSPS) is 18.9. The molecule has 33 heavy (non-hydrogen) atoms. The van der Waals surface area contributed by atoms with Crippen molar-refractivity contribution in [2.45, 2.75) is 76.8 Å². The third kappa shape index (κ3) is 6.93. The molecule has 0 bridgehead atoms. The van der Waals surface area contributed by atoms with Gasteiger partial charge in [0, 0.05) is 31.7 Å². The average Bonchev–Trinajstić information content (AvgIpc) is 3.28. The van der Waals surface area contributed by atoms with Gasteiger partial charge in [-0.15, -0.1) is 0 Å². The van der Waals surface area contributed by atoms with Crippen molar-refractivity contribution >= 4 is 18.0 Å². The SMILES string of the molecule is CCCCOC(=O)n1cnc(C[C@@H](C)NC(=O)C2(NC(=O)N3CCOCC3)CCCCC2)c1. The highest BCUT2D eigenvalue weighted by Gasteiger charge is 2.42. The van der Waals surface area contributed by atoms with Crippen LogP contribution < -0.4 is 10.6 Å². The summed E-state index contributed by atoms with van der Waals surface area (Å²) in [6, 6.07) is -0.417. The number of nitrogens with one attached hydrogen (secondary N) is 2. The summed E-state index contributed by atoms with van der Waals surface area (Å²) in [5.41, 5.74) is -0.213. The first-order valence-electron chi connectivity index (χ1n) is 12.1. The lowest BCUT2D eigenvalue weighted by Gasteiger charge is -2.39. The maximum atomic E-state index is 13.3. The topological polar surface area (TPSA) is 115 Å². The number of morpholine rings is 1. The molecule has 2 heterocycles. The van der Waals surface area contributed by atoms with Crippen molar-refractivity contribution in [2.75, 3.05) is 32.9 Å². The van der Waals surface area contributed by atoms with Crippen molar-refractivity contribution in [2.24, 2.45) is 0 Å². The monoisotopic (exact) mass is 463 g/mol. The molecule has 3 rings (SSSR count). The van der Waals surface area contributed by atoms with E-state index in [4.69, 9.17) is 9.47 Å². The minimum atomic E-state index is -0.898. The Labute approximate surface area is 195 Å². The van der Waals surface area contributed by atoms with Crippen LogP contribution in [-0.4, -0.2) is 77.0 Å².